The van der Waals surface area contributed by atoms with Crippen molar-refractivity contribution in [1.29, 1.82) is 0 Å². The van der Waals surface area contributed by atoms with Gasteiger partial charge in [-0.3, -0.25) is 0 Å². The Bertz CT molecular complexity index is 406. The van der Waals surface area contributed by atoms with E-state index in [1.807, 2.05) is 0 Å². The van der Waals surface area contributed by atoms with E-state index < -0.39 is 10.2 Å². The predicted octanol–water partition coefficient (Wildman–Crippen LogP) is 0.836. The highest BCUT2D eigenvalue weighted by atomic mass is 32.2. The maximum absolute atomic E-state index is 12.4. The van der Waals surface area contributed by atoms with E-state index in [-0.39, 0.29) is 6.04 Å². The van der Waals surface area contributed by atoms with Crippen LogP contribution in [0, 0.1) is 5.92 Å². The molecule has 3 fully saturated rings. The van der Waals surface area contributed by atoms with Crippen molar-refractivity contribution in [3.05, 3.63) is 0 Å². The van der Waals surface area contributed by atoms with E-state index in [2.05, 4.69) is 17.0 Å². The maximum atomic E-state index is 12.4. The molecule has 0 aromatic rings. The predicted molar refractivity (Wildman–Crippen MR) is 75.0 cm³/mol. The van der Waals surface area contributed by atoms with Crippen molar-refractivity contribution in [3.63, 3.8) is 0 Å². The highest BCUT2D eigenvalue weighted by Crippen LogP contribution is 2.27. The second-order valence-electron chi connectivity index (χ2n) is 6.51. The van der Waals surface area contributed by atoms with Crippen molar-refractivity contribution >= 4 is 10.2 Å². The molecular formula is C13H25N3O2S. The lowest BCUT2D eigenvalue weighted by atomic mass is 10.0. The van der Waals surface area contributed by atoms with E-state index in [1.165, 1.54) is 12.8 Å². The van der Waals surface area contributed by atoms with E-state index in [1.54, 1.807) is 4.31 Å². The van der Waals surface area contributed by atoms with Crippen LogP contribution in [0.3, 0.4) is 0 Å². The second-order valence-corrected chi connectivity index (χ2v) is 8.21. The van der Waals surface area contributed by atoms with Gasteiger partial charge in [-0.15, -0.1) is 0 Å². The first-order valence-corrected chi connectivity index (χ1v) is 9.00. The van der Waals surface area contributed by atoms with Gasteiger partial charge in [-0.25, -0.2) is 0 Å². The van der Waals surface area contributed by atoms with E-state index in [0.717, 1.165) is 25.7 Å². The zero-order chi connectivity index (χ0) is 13.5. The Kier molecular flexibility index (Phi) is 3.86. The second kappa shape index (κ2) is 5.31. The summed E-state index contributed by atoms with van der Waals surface area (Å²) in [5.74, 6) is 0.654. The molecule has 19 heavy (non-hydrogen) atoms. The third-order valence-electron chi connectivity index (χ3n) is 4.87. The van der Waals surface area contributed by atoms with Gasteiger partial charge < -0.3 is 5.32 Å². The Hall–Kier alpha value is -0.170. The minimum Gasteiger partial charge on any atom is -0.311 e. The van der Waals surface area contributed by atoms with Crippen LogP contribution >= 0.6 is 0 Å². The first-order chi connectivity index (χ1) is 9.03. The zero-order valence-electron chi connectivity index (χ0n) is 11.6. The Morgan fingerprint density at radius 1 is 1.05 bits per heavy atom. The monoisotopic (exact) mass is 287 g/mol. The van der Waals surface area contributed by atoms with Crippen LogP contribution in [0.15, 0.2) is 0 Å². The molecule has 3 aliphatic rings. The van der Waals surface area contributed by atoms with E-state index in [9.17, 15) is 8.42 Å². The van der Waals surface area contributed by atoms with E-state index in [4.69, 9.17) is 0 Å². The third-order valence-corrected chi connectivity index (χ3v) is 6.55. The molecule has 0 aromatic carbocycles. The molecule has 3 saturated heterocycles. The van der Waals surface area contributed by atoms with Crippen LogP contribution < -0.4 is 10.0 Å². The molecular weight excluding hydrogens is 262 g/mol. The summed E-state index contributed by atoms with van der Waals surface area (Å²) in [6.07, 6.45) is 6.25. The fraction of sp³-hybridized carbons (Fsp3) is 1.00. The van der Waals surface area contributed by atoms with Gasteiger partial charge in [0, 0.05) is 31.2 Å². The van der Waals surface area contributed by atoms with Crippen molar-refractivity contribution in [2.45, 2.75) is 63.6 Å². The summed E-state index contributed by atoms with van der Waals surface area (Å²) in [6.45, 7) is 3.55. The van der Waals surface area contributed by atoms with Gasteiger partial charge in [-0.05, 0) is 44.4 Å². The minimum absolute atomic E-state index is 0.128. The summed E-state index contributed by atoms with van der Waals surface area (Å²) >= 11 is 0. The molecule has 2 unspecified atom stereocenters. The van der Waals surface area contributed by atoms with Crippen LogP contribution in [0.1, 0.15) is 45.4 Å². The Morgan fingerprint density at radius 3 is 2.21 bits per heavy atom. The van der Waals surface area contributed by atoms with Crippen molar-refractivity contribution in [2.75, 3.05) is 13.1 Å². The van der Waals surface area contributed by atoms with Crippen LogP contribution in [0.4, 0.5) is 0 Å². The topological polar surface area (TPSA) is 61.4 Å². The van der Waals surface area contributed by atoms with Crippen LogP contribution in [0.2, 0.25) is 0 Å². The van der Waals surface area contributed by atoms with E-state index in [0.29, 0.717) is 31.1 Å². The molecule has 3 rings (SSSR count). The van der Waals surface area contributed by atoms with Gasteiger partial charge in [0.1, 0.15) is 0 Å². The van der Waals surface area contributed by atoms with Crippen molar-refractivity contribution < 1.29 is 8.42 Å². The number of rotatable bonds is 3. The number of piperidine rings is 2. The van der Waals surface area contributed by atoms with Crippen LogP contribution in [-0.2, 0) is 10.2 Å². The minimum atomic E-state index is -3.27. The van der Waals surface area contributed by atoms with Gasteiger partial charge in [0.2, 0.25) is 0 Å². The van der Waals surface area contributed by atoms with Crippen LogP contribution in [-0.4, -0.2) is 43.9 Å². The molecule has 0 radical (unpaired) electrons. The number of hydrogen-bond acceptors (Lipinski definition) is 3. The summed E-state index contributed by atoms with van der Waals surface area (Å²) in [6, 6.07) is 1.17. The fourth-order valence-electron chi connectivity index (χ4n) is 3.66. The molecule has 0 saturated carbocycles. The van der Waals surface area contributed by atoms with Gasteiger partial charge in [-0.1, -0.05) is 6.92 Å². The lowest BCUT2D eigenvalue weighted by Crippen LogP contribution is -2.52. The highest BCUT2D eigenvalue weighted by Gasteiger charge is 2.36. The molecule has 2 N–H and O–H groups in total. The quantitative estimate of drug-likeness (QED) is 0.808. The first-order valence-electron chi connectivity index (χ1n) is 7.56. The zero-order valence-corrected chi connectivity index (χ0v) is 12.5. The molecule has 0 amide bonds. The molecule has 5 nitrogen and oxygen atoms in total. The largest absolute Gasteiger partial charge is 0.311 e. The Morgan fingerprint density at radius 2 is 1.63 bits per heavy atom. The summed E-state index contributed by atoms with van der Waals surface area (Å²) in [5.41, 5.74) is 0. The number of hydrogen-bond donors (Lipinski definition) is 2. The Balaban J connectivity index is 1.59. The smallest absolute Gasteiger partial charge is 0.279 e. The van der Waals surface area contributed by atoms with Gasteiger partial charge in [0.15, 0.2) is 0 Å². The summed E-state index contributed by atoms with van der Waals surface area (Å²) in [7, 11) is -3.27. The third kappa shape index (κ3) is 3.12. The number of nitrogens with zero attached hydrogens (tertiary/aromatic N) is 1. The van der Waals surface area contributed by atoms with E-state index >= 15 is 0 Å². The van der Waals surface area contributed by atoms with Gasteiger partial charge >= 0.3 is 0 Å². The fourth-order valence-corrected chi connectivity index (χ4v) is 5.12. The molecule has 0 aromatic heterocycles. The number of fused-ring (bicyclic) bond motifs is 2. The molecule has 6 heteroatoms. The molecule has 2 atom stereocenters. The molecule has 0 spiro atoms. The average Bonchev–Trinajstić information content (AvgIpc) is 2.69. The number of nitrogens with one attached hydrogen (secondary N) is 2. The van der Waals surface area contributed by atoms with Gasteiger partial charge in [0.05, 0.1) is 0 Å². The van der Waals surface area contributed by atoms with Crippen LogP contribution in [0.25, 0.3) is 0 Å². The summed E-state index contributed by atoms with van der Waals surface area (Å²) in [4.78, 5) is 0. The van der Waals surface area contributed by atoms with Crippen molar-refractivity contribution in [2.24, 2.45) is 5.92 Å². The lowest BCUT2D eigenvalue weighted by Gasteiger charge is -2.34. The standard InChI is InChI=1S/C13H25N3O2S/c1-10-4-6-16(7-5-10)19(17,18)15-13-8-11-2-3-12(9-13)14-11/h10-15H,2-9H2,1H3. The highest BCUT2D eigenvalue weighted by molar-refractivity contribution is 7.87. The van der Waals surface area contributed by atoms with Gasteiger partial charge in [-0.2, -0.15) is 17.4 Å². The molecule has 2 bridgehead atoms. The Labute approximate surface area is 116 Å². The van der Waals surface area contributed by atoms with Crippen molar-refractivity contribution in [3.8, 4) is 0 Å². The maximum Gasteiger partial charge on any atom is 0.279 e. The summed E-state index contributed by atoms with van der Waals surface area (Å²) < 4.78 is 29.4. The van der Waals surface area contributed by atoms with Crippen LogP contribution in [0.5, 0.6) is 0 Å². The average molecular weight is 287 g/mol. The van der Waals surface area contributed by atoms with Gasteiger partial charge in [0.25, 0.3) is 10.2 Å². The first kappa shape index (κ1) is 13.8. The molecule has 0 aliphatic carbocycles. The van der Waals surface area contributed by atoms with Crippen molar-refractivity contribution in [1.82, 2.24) is 14.3 Å². The molecule has 3 aliphatic heterocycles. The molecule has 3 heterocycles. The normalized spacial score (nSPS) is 37.6. The lowest BCUT2D eigenvalue weighted by molar-refractivity contribution is 0.277. The molecule has 110 valence electrons. The summed E-state index contributed by atoms with van der Waals surface area (Å²) in [5, 5.41) is 3.54. The SMILES string of the molecule is CC1CCN(S(=O)(=O)NC2CC3CCC(C2)N3)CC1.